The molecule has 0 aliphatic rings. The van der Waals surface area contributed by atoms with Gasteiger partial charge in [-0.05, 0) is 86.5 Å². The van der Waals surface area contributed by atoms with E-state index < -0.39 is 0 Å². The van der Waals surface area contributed by atoms with Gasteiger partial charge in [-0.1, -0.05) is 237 Å². The van der Waals surface area contributed by atoms with Gasteiger partial charge in [-0.15, -0.1) is 0 Å². The molecule has 0 radical (unpaired) electrons. The SMILES string of the molecule is c1ccc(-c2ccc(-c3nc(-c4ccccc4)nc(-n4c5ccccc5c5ccc6c7ccccc7n(-c7cc(-c8cc(-c9ccccc9)cc(-c9ccccc9)c8)ccc7-c7ccccc7)c6c54)n3)cc2)cc1. The van der Waals surface area contributed by atoms with Crippen molar-refractivity contribution in [3.05, 3.63) is 273 Å². The van der Waals surface area contributed by atoms with E-state index in [9.17, 15) is 0 Å². The Kier molecular flexibility index (Phi) is 10.4. The third-order valence-corrected chi connectivity index (χ3v) is 14.4. The number of fused-ring (bicyclic) bond motifs is 7. The van der Waals surface area contributed by atoms with Crippen LogP contribution < -0.4 is 0 Å². The first-order valence-corrected chi connectivity index (χ1v) is 25.1. The summed E-state index contributed by atoms with van der Waals surface area (Å²) >= 11 is 0. The second kappa shape index (κ2) is 18.0. The van der Waals surface area contributed by atoms with Crippen molar-refractivity contribution in [2.75, 3.05) is 0 Å². The van der Waals surface area contributed by atoms with E-state index in [4.69, 9.17) is 15.0 Å². The number of benzene rings is 11. The molecule has 5 heteroatoms. The first kappa shape index (κ1) is 42.9. The lowest BCUT2D eigenvalue weighted by atomic mass is 9.92. The number of hydrogen-bond acceptors (Lipinski definition) is 3. The third kappa shape index (κ3) is 7.46. The Morgan fingerprint density at radius 2 is 0.595 bits per heavy atom. The van der Waals surface area contributed by atoms with Crippen molar-refractivity contribution in [2.45, 2.75) is 0 Å². The molecule has 0 amide bonds. The van der Waals surface area contributed by atoms with Crippen LogP contribution in [0, 0.1) is 0 Å². The normalized spacial score (nSPS) is 11.5. The molecule has 0 spiro atoms. The summed E-state index contributed by atoms with van der Waals surface area (Å²) in [6.07, 6.45) is 0. The smallest absolute Gasteiger partial charge is 0.238 e. The Hall–Kier alpha value is -9.97. The monoisotopic (exact) mass is 943 g/mol. The average Bonchev–Trinajstić information content (AvgIpc) is 4.02. The number of nitrogens with zero attached hydrogens (tertiary/aromatic N) is 5. The van der Waals surface area contributed by atoms with Crippen LogP contribution in [0.5, 0.6) is 0 Å². The van der Waals surface area contributed by atoms with Gasteiger partial charge in [0.05, 0.1) is 27.8 Å². The van der Waals surface area contributed by atoms with E-state index in [1.807, 2.05) is 24.3 Å². The lowest BCUT2D eigenvalue weighted by Gasteiger charge is -2.18. The quantitative estimate of drug-likeness (QED) is 0.145. The largest absolute Gasteiger partial charge is 0.307 e. The van der Waals surface area contributed by atoms with Crippen LogP contribution in [0.3, 0.4) is 0 Å². The summed E-state index contributed by atoms with van der Waals surface area (Å²) < 4.78 is 4.77. The topological polar surface area (TPSA) is 48.5 Å². The lowest BCUT2D eigenvalue weighted by Crippen LogP contribution is -2.07. The first-order chi connectivity index (χ1) is 36.7. The van der Waals surface area contributed by atoms with Crippen LogP contribution >= 0.6 is 0 Å². The molecular weight excluding hydrogens is 899 g/mol. The fraction of sp³-hybridized carbons (Fsp3) is 0. The molecule has 0 saturated heterocycles. The van der Waals surface area contributed by atoms with E-state index in [1.165, 1.54) is 11.1 Å². The third-order valence-electron chi connectivity index (χ3n) is 14.4. The molecule has 346 valence electrons. The highest BCUT2D eigenvalue weighted by molar-refractivity contribution is 6.24. The molecule has 0 aliphatic heterocycles. The van der Waals surface area contributed by atoms with Crippen molar-refractivity contribution in [3.8, 4) is 90.0 Å². The molecule has 0 bridgehead atoms. The zero-order valence-corrected chi connectivity index (χ0v) is 40.2. The molecule has 0 atom stereocenters. The standard InChI is InChI=1S/C69H45N5/c1-6-20-46(21-7-1)49-34-36-52(37-35-49)68-70-67(51-28-14-5-15-29-51)71-69(72-68)74-63-33-19-17-31-59(63)61-41-40-60-58-30-16-18-32-62(58)73(65(60)66(61)74)64-45-53(38-39-57(64)50-26-12-4-13-27-50)56-43-54(47-22-8-2-9-23-47)42-55(44-56)48-24-10-3-11-25-48/h1-45H. The van der Waals surface area contributed by atoms with Crippen molar-refractivity contribution in [3.63, 3.8) is 0 Å². The molecule has 0 unspecified atom stereocenters. The number of hydrogen-bond donors (Lipinski definition) is 0. The molecule has 0 saturated carbocycles. The van der Waals surface area contributed by atoms with Gasteiger partial charge in [0.2, 0.25) is 5.95 Å². The zero-order valence-electron chi connectivity index (χ0n) is 40.2. The molecule has 3 aromatic heterocycles. The maximum absolute atomic E-state index is 5.45. The van der Waals surface area contributed by atoms with Gasteiger partial charge in [0.1, 0.15) is 0 Å². The Labute approximate surface area is 428 Å². The Morgan fingerprint density at radius 3 is 1.12 bits per heavy atom. The highest BCUT2D eigenvalue weighted by atomic mass is 15.2. The van der Waals surface area contributed by atoms with E-state index in [1.54, 1.807) is 0 Å². The van der Waals surface area contributed by atoms with Crippen LogP contribution in [-0.2, 0) is 0 Å². The van der Waals surface area contributed by atoms with Crippen molar-refractivity contribution in [1.29, 1.82) is 0 Å². The van der Waals surface area contributed by atoms with Gasteiger partial charge in [0, 0.05) is 38.2 Å². The van der Waals surface area contributed by atoms with E-state index in [0.717, 1.165) is 105 Å². The van der Waals surface area contributed by atoms with Gasteiger partial charge in [-0.3, -0.25) is 4.57 Å². The highest BCUT2D eigenvalue weighted by Gasteiger charge is 2.25. The van der Waals surface area contributed by atoms with Crippen molar-refractivity contribution in [2.24, 2.45) is 0 Å². The van der Waals surface area contributed by atoms with Crippen LogP contribution in [0.2, 0.25) is 0 Å². The minimum Gasteiger partial charge on any atom is -0.307 e. The summed E-state index contributed by atoms with van der Waals surface area (Å²) in [4.78, 5) is 16.1. The molecule has 0 aliphatic carbocycles. The summed E-state index contributed by atoms with van der Waals surface area (Å²) in [7, 11) is 0. The predicted molar refractivity (Wildman–Crippen MR) is 307 cm³/mol. The van der Waals surface area contributed by atoms with Gasteiger partial charge in [0.15, 0.2) is 11.6 Å². The number of aromatic nitrogens is 5. The predicted octanol–water partition coefficient (Wildman–Crippen LogP) is 17.7. The average molecular weight is 944 g/mol. The maximum Gasteiger partial charge on any atom is 0.238 e. The fourth-order valence-corrected chi connectivity index (χ4v) is 10.9. The molecule has 11 aromatic carbocycles. The van der Waals surface area contributed by atoms with E-state index in [2.05, 4.69) is 258 Å². The minimum atomic E-state index is 0.541. The van der Waals surface area contributed by atoms with Crippen LogP contribution in [0.15, 0.2) is 273 Å². The lowest BCUT2D eigenvalue weighted by molar-refractivity contribution is 0.953. The van der Waals surface area contributed by atoms with Crippen molar-refractivity contribution in [1.82, 2.24) is 24.1 Å². The molecule has 14 aromatic rings. The molecule has 74 heavy (non-hydrogen) atoms. The van der Waals surface area contributed by atoms with Gasteiger partial charge >= 0.3 is 0 Å². The summed E-state index contributed by atoms with van der Waals surface area (Å²) in [5.74, 6) is 1.74. The van der Waals surface area contributed by atoms with E-state index in [0.29, 0.717) is 17.6 Å². The minimum absolute atomic E-state index is 0.541. The highest BCUT2D eigenvalue weighted by Crippen LogP contribution is 2.45. The van der Waals surface area contributed by atoms with Crippen molar-refractivity contribution < 1.29 is 0 Å². The second-order valence-electron chi connectivity index (χ2n) is 18.8. The molecule has 3 heterocycles. The zero-order chi connectivity index (χ0) is 49.0. The molecular formula is C69H45N5. The van der Waals surface area contributed by atoms with Gasteiger partial charge < -0.3 is 4.57 Å². The number of rotatable bonds is 9. The van der Waals surface area contributed by atoms with Gasteiger partial charge in [0.25, 0.3) is 0 Å². The van der Waals surface area contributed by atoms with Gasteiger partial charge in [-0.2, -0.15) is 9.97 Å². The summed E-state index contributed by atoms with van der Waals surface area (Å²) in [6.45, 7) is 0. The summed E-state index contributed by atoms with van der Waals surface area (Å²) in [6, 6.07) is 97.4. The molecule has 5 nitrogen and oxygen atoms in total. The van der Waals surface area contributed by atoms with Crippen LogP contribution in [-0.4, -0.2) is 24.1 Å². The molecule has 0 fully saturated rings. The van der Waals surface area contributed by atoms with Crippen LogP contribution in [0.25, 0.3) is 134 Å². The molecule has 0 N–H and O–H groups in total. The fourth-order valence-electron chi connectivity index (χ4n) is 10.9. The van der Waals surface area contributed by atoms with Gasteiger partial charge in [-0.25, -0.2) is 4.98 Å². The van der Waals surface area contributed by atoms with E-state index >= 15 is 0 Å². The second-order valence-corrected chi connectivity index (χ2v) is 18.8. The Balaban J connectivity index is 1.07. The maximum atomic E-state index is 5.45. The Bertz CT molecular complexity index is 4320. The van der Waals surface area contributed by atoms with Crippen LogP contribution in [0.4, 0.5) is 0 Å². The van der Waals surface area contributed by atoms with Crippen molar-refractivity contribution >= 4 is 43.6 Å². The summed E-state index contributed by atoms with van der Waals surface area (Å²) in [5, 5.41) is 4.50. The van der Waals surface area contributed by atoms with E-state index in [-0.39, 0.29) is 0 Å². The Morgan fingerprint density at radius 1 is 0.230 bits per heavy atom. The molecule has 14 rings (SSSR count). The number of para-hydroxylation sites is 2. The summed E-state index contributed by atoms with van der Waals surface area (Å²) in [5.41, 5.74) is 18.5. The van der Waals surface area contributed by atoms with Crippen LogP contribution in [0.1, 0.15) is 0 Å². The first-order valence-electron chi connectivity index (χ1n) is 25.1.